The predicted octanol–water partition coefficient (Wildman–Crippen LogP) is 2.69. The van der Waals surface area contributed by atoms with Crippen molar-refractivity contribution >= 4 is 15.9 Å². The van der Waals surface area contributed by atoms with Crippen LogP contribution < -0.4 is 5.32 Å². The highest BCUT2D eigenvalue weighted by Crippen LogP contribution is 2.29. The van der Waals surface area contributed by atoms with Crippen LogP contribution in [-0.4, -0.2) is 17.0 Å². The summed E-state index contributed by atoms with van der Waals surface area (Å²) in [5.41, 5.74) is 1.71. The molecule has 0 spiro atoms. The Bertz CT molecular complexity index is 504. The Balaban J connectivity index is 2.46. The van der Waals surface area contributed by atoms with Crippen LogP contribution in [0, 0.1) is 5.82 Å². The van der Waals surface area contributed by atoms with Gasteiger partial charge in [-0.05, 0) is 34.6 Å². The second-order valence-electron chi connectivity index (χ2n) is 3.54. The van der Waals surface area contributed by atoms with Gasteiger partial charge >= 0.3 is 0 Å². The van der Waals surface area contributed by atoms with Gasteiger partial charge in [0.15, 0.2) is 0 Å². The molecule has 0 aliphatic rings. The smallest absolute Gasteiger partial charge is 0.137 e. The molecular formula is C12H11BrFN3. The van der Waals surface area contributed by atoms with Gasteiger partial charge in [-0.15, -0.1) is 0 Å². The minimum absolute atomic E-state index is 0.138. The van der Waals surface area contributed by atoms with E-state index in [4.69, 9.17) is 0 Å². The molecule has 0 fully saturated rings. The molecule has 0 aliphatic heterocycles. The van der Waals surface area contributed by atoms with Crippen molar-refractivity contribution in [1.29, 1.82) is 0 Å². The molecule has 17 heavy (non-hydrogen) atoms. The van der Waals surface area contributed by atoms with Gasteiger partial charge in [-0.25, -0.2) is 14.4 Å². The first-order chi connectivity index (χ1) is 8.24. The molecule has 1 atom stereocenters. The van der Waals surface area contributed by atoms with Gasteiger partial charge in [0.2, 0.25) is 0 Å². The zero-order valence-corrected chi connectivity index (χ0v) is 10.8. The number of hydrogen-bond acceptors (Lipinski definition) is 3. The van der Waals surface area contributed by atoms with Crippen LogP contribution in [0.15, 0.2) is 41.4 Å². The minimum atomic E-state index is -0.278. The number of nitrogens with one attached hydrogen (secondary N) is 1. The highest BCUT2D eigenvalue weighted by molar-refractivity contribution is 9.10. The van der Waals surface area contributed by atoms with E-state index in [2.05, 4.69) is 31.2 Å². The summed E-state index contributed by atoms with van der Waals surface area (Å²) in [5, 5.41) is 3.13. The first-order valence-electron chi connectivity index (χ1n) is 5.10. The van der Waals surface area contributed by atoms with Gasteiger partial charge in [0.1, 0.15) is 12.1 Å². The summed E-state index contributed by atoms with van der Waals surface area (Å²) in [5.74, 6) is -0.278. The monoisotopic (exact) mass is 295 g/mol. The van der Waals surface area contributed by atoms with Crippen LogP contribution in [0.3, 0.4) is 0 Å². The van der Waals surface area contributed by atoms with Crippen LogP contribution in [0.2, 0.25) is 0 Å². The summed E-state index contributed by atoms with van der Waals surface area (Å²) in [7, 11) is 1.81. The van der Waals surface area contributed by atoms with Crippen LogP contribution >= 0.6 is 15.9 Å². The van der Waals surface area contributed by atoms with E-state index in [9.17, 15) is 4.39 Å². The van der Waals surface area contributed by atoms with Crippen molar-refractivity contribution in [3.63, 3.8) is 0 Å². The molecule has 1 aromatic heterocycles. The number of halogens is 2. The molecule has 3 nitrogen and oxygen atoms in total. The van der Waals surface area contributed by atoms with E-state index >= 15 is 0 Å². The molecule has 0 amide bonds. The Kier molecular flexibility index (Phi) is 3.81. The van der Waals surface area contributed by atoms with Crippen molar-refractivity contribution in [2.45, 2.75) is 6.04 Å². The Labute approximate surface area is 107 Å². The Hall–Kier alpha value is -1.33. The minimum Gasteiger partial charge on any atom is -0.309 e. The third kappa shape index (κ3) is 2.50. The Morgan fingerprint density at radius 2 is 2.00 bits per heavy atom. The van der Waals surface area contributed by atoms with E-state index in [0.29, 0.717) is 4.47 Å². The summed E-state index contributed by atoms with van der Waals surface area (Å²) in [4.78, 5) is 7.94. The molecular weight excluding hydrogens is 285 g/mol. The highest BCUT2D eigenvalue weighted by atomic mass is 79.9. The molecule has 2 aromatic rings. The summed E-state index contributed by atoms with van der Waals surface area (Å²) in [6.45, 7) is 0. The highest BCUT2D eigenvalue weighted by Gasteiger charge is 2.17. The fourth-order valence-corrected chi connectivity index (χ4v) is 2.20. The van der Waals surface area contributed by atoms with E-state index in [1.165, 1.54) is 12.4 Å². The molecule has 0 saturated heterocycles. The standard InChI is InChI=1S/C12H11BrFN3/c1-15-12(8-5-16-7-17-6-8)9-3-2-4-10(14)11(9)13/h2-7,12,15H,1H3. The molecule has 5 heteroatoms. The molecule has 88 valence electrons. The number of hydrogen-bond donors (Lipinski definition) is 1. The maximum atomic E-state index is 13.5. The molecule has 1 N–H and O–H groups in total. The molecule has 1 unspecified atom stereocenters. The summed E-state index contributed by atoms with van der Waals surface area (Å²) < 4.78 is 13.9. The van der Waals surface area contributed by atoms with Gasteiger partial charge in [-0.3, -0.25) is 0 Å². The fourth-order valence-electron chi connectivity index (χ4n) is 1.70. The quantitative estimate of drug-likeness (QED) is 0.946. The van der Waals surface area contributed by atoms with Crippen molar-refractivity contribution in [1.82, 2.24) is 15.3 Å². The van der Waals surface area contributed by atoms with Gasteiger partial charge in [0.25, 0.3) is 0 Å². The van der Waals surface area contributed by atoms with E-state index in [-0.39, 0.29) is 11.9 Å². The SMILES string of the molecule is CNC(c1cncnc1)c1cccc(F)c1Br. The summed E-state index contributed by atoms with van der Waals surface area (Å²) >= 11 is 3.26. The predicted molar refractivity (Wildman–Crippen MR) is 67.0 cm³/mol. The number of nitrogens with zero attached hydrogens (tertiary/aromatic N) is 2. The van der Waals surface area contributed by atoms with Crippen molar-refractivity contribution < 1.29 is 4.39 Å². The van der Waals surface area contributed by atoms with Crippen LogP contribution in [-0.2, 0) is 0 Å². The molecule has 0 bridgehead atoms. The zero-order valence-electron chi connectivity index (χ0n) is 9.19. The lowest BCUT2D eigenvalue weighted by molar-refractivity contribution is 0.607. The van der Waals surface area contributed by atoms with Crippen LogP contribution in [0.4, 0.5) is 4.39 Å². The van der Waals surface area contributed by atoms with Gasteiger partial charge in [0.05, 0.1) is 10.5 Å². The largest absolute Gasteiger partial charge is 0.309 e. The topological polar surface area (TPSA) is 37.8 Å². The summed E-state index contributed by atoms with van der Waals surface area (Å²) in [6.07, 6.45) is 4.90. The first kappa shape index (κ1) is 12.1. The van der Waals surface area contributed by atoms with E-state index in [1.807, 2.05) is 13.1 Å². The van der Waals surface area contributed by atoms with Gasteiger partial charge in [-0.1, -0.05) is 12.1 Å². The van der Waals surface area contributed by atoms with Crippen molar-refractivity contribution in [3.05, 3.63) is 58.3 Å². The molecule has 0 radical (unpaired) electrons. The average Bonchev–Trinajstić information content (AvgIpc) is 2.37. The molecule has 1 heterocycles. The third-order valence-corrected chi connectivity index (χ3v) is 3.33. The molecule has 0 aliphatic carbocycles. The van der Waals surface area contributed by atoms with Gasteiger partial charge < -0.3 is 5.32 Å². The van der Waals surface area contributed by atoms with Gasteiger partial charge in [0, 0.05) is 18.0 Å². The zero-order chi connectivity index (χ0) is 12.3. The number of rotatable bonds is 3. The lowest BCUT2D eigenvalue weighted by atomic mass is 10.0. The second-order valence-corrected chi connectivity index (χ2v) is 4.33. The first-order valence-corrected chi connectivity index (χ1v) is 5.89. The van der Waals surface area contributed by atoms with Crippen LogP contribution in [0.5, 0.6) is 0 Å². The third-order valence-electron chi connectivity index (χ3n) is 2.50. The van der Waals surface area contributed by atoms with Crippen LogP contribution in [0.25, 0.3) is 0 Å². The number of benzene rings is 1. The molecule has 2 rings (SSSR count). The van der Waals surface area contributed by atoms with E-state index in [1.54, 1.807) is 18.5 Å². The lowest BCUT2D eigenvalue weighted by Crippen LogP contribution is -2.18. The molecule has 0 saturated carbocycles. The Morgan fingerprint density at radius 3 is 2.65 bits per heavy atom. The average molecular weight is 296 g/mol. The molecule has 1 aromatic carbocycles. The van der Waals surface area contributed by atoms with Crippen molar-refractivity contribution in [2.75, 3.05) is 7.05 Å². The second kappa shape index (κ2) is 5.33. The Morgan fingerprint density at radius 1 is 1.29 bits per heavy atom. The summed E-state index contributed by atoms with van der Waals surface area (Å²) in [6, 6.07) is 4.83. The van der Waals surface area contributed by atoms with E-state index < -0.39 is 0 Å². The normalized spacial score (nSPS) is 12.4. The van der Waals surface area contributed by atoms with E-state index in [0.717, 1.165) is 11.1 Å². The fraction of sp³-hybridized carbons (Fsp3) is 0.167. The van der Waals surface area contributed by atoms with Gasteiger partial charge in [-0.2, -0.15) is 0 Å². The van der Waals surface area contributed by atoms with Crippen molar-refractivity contribution in [3.8, 4) is 0 Å². The van der Waals surface area contributed by atoms with Crippen molar-refractivity contribution in [2.24, 2.45) is 0 Å². The lowest BCUT2D eigenvalue weighted by Gasteiger charge is -2.18. The maximum Gasteiger partial charge on any atom is 0.137 e. The maximum absolute atomic E-state index is 13.5. The van der Waals surface area contributed by atoms with Crippen LogP contribution in [0.1, 0.15) is 17.2 Å². The number of aromatic nitrogens is 2.